The minimum absolute atomic E-state index is 0.0707. The van der Waals surface area contributed by atoms with Crippen molar-refractivity contribution in [3.8, 4) is 11.5 Å². The van der Waals surface area contributed by atoms with Crippen molar-refractivity contribution >= 4 is 27.8 Å². The Morgan fingerprint density at radius 2 is 2.15 bits per heavy atom. The normalized spacial score (nSPS) is 11.0. The number of hydrogen-bond acceptors (Lipinski definition) is 4. The van der Waals surface area contributed by atoms with Crippen LogP contribution in [0.3, 0.4) is 0 Å². The van der Waals surface area contributed by atoms with Gasteiger partial charge in [0.2, 0.25) is 0 Å². The zero-order valence-corrected chi connectivity index (χ0v) is 15.7. The quantitative estimate of drug-likeness (QED) is 0.484. The first kappa shape index (κ1) is 17.9. The largest absolute Gasteiger partial charge is 0.508 e. The van der Waals surface area contributed by atoms with Gasteiger partial charge in [-0.3, -0.25) is 9.48 Å². The molecule has 3 aromatic rings. The van der Waals surface area contributed by atoms with Crippen LogP contribution >= 0.6 is 15.9 Å². The molecule has 2 aromatic carbocycles. The Balaban J connectivity index is 1.81. The lowest BCUT2D eigenvalue weighted by Gasteiger charge is -2.09. The summed E-state index contributed by atoms with van der Waals surface area (Å²) in [5, 5.41) is 13.7. The van der Waals surface area contributed by atoms with Crippen LogP contribution in [-0.2, 0) is 6.54 Å². The molecule has 1 aromatic heterocycles. The molecule has 0 amide bonds. The van der Waals surface area contributed by atoms with Crippen LogP contribution in [0.25, 0.3) is 6.08 Å². The summed E-state index contributed by atoms with van der Waals surface area (Å²) in [4.78, 5) is 12.2. The molecule has 0 unspecified atom stereocenters. The van der Waals surface area contributed by atoms with E-state index in [0.29, 0.717) is 12.1 Å². The highest BCUT2D eigenvalue weighted by atomic mass is 79.9. The summed E-state index contributed by atoms with van der Waals surface area (Å²) in [5.41, 5.74) is 2.27. The fraction of sp³-hybridized carbons (Fsp3) is 0.100. The van der Waals surface area contributed by atoms with E-state index in [2.05, 4.69) is 21.0 Å². The molecule has 0 atom stereocenters. The molecule has 1 N–H and O–H groups in total. The van der Waals surface area contributed by atoms with Gasteiger partial charge in [-0.1, -0.05) is 24.3 Å². The molecule has 132 valence electrons. The van der Waals surface area contributed by atoms with E-state index in [1.54, 1.807) is 36.2 Å². The van der Waals surface area contributed by atoms with Crippen LogP contribution in [0.4, 0.5) is 0 Å². The molecule has 1 heterocycles. The molecule has 0 fully saturated rings. The number of halogens is 1. The van der Waals surface area contributed by atoms with E-state index in [4.69, 9.17) is 4.74 Å². The van der Waals surface area contributed by atoms with Crippen molar-refractivity contribution < 1.29 is 14.6 Å². The fourth-order valence-electron chi connectivity index (χ4n) is 2.55. The summed E-state index contributed by atoms with van der Waals surface area (Å²) in [7, 11) is 1.62. The monoisotopic (exact) mass is 412 g/mol. The maximum absolute atomic E-state index is 12.2. The lowest BCUT2D eigenvalue weighted by molar-refractivity contribution is 0.104. The molecular weight excluding hydrogens is 396 g/mol. The number of ketones is 1. The summed E-state index contributed by atoms with van der Waals surface area (Å²) >= 11 is 3.38. The molecule has 0 aliphatic rings. The Morgan fingerprint density at radius 3 is 2.85 bits per heavy atom. The van der Waals surface area contributed by atoms with Crippen molar-refractivity contribution in [2.75, 3.05) is 7.11 Å². The molecule has 0 aliphatic heterocycles. The number of ether oxygens (including phenoxy) is 1. The van der Waals surface area contributed by atoms with Gasteiger partial charge in [0.15, 0.2) is 5.78 Å². The number of benzene rings is 2. The van der Waals surface area contributed by atoms with Crippen molar-refractivity contribution in [2.45, 2.75) is 6.54 Å². The van der Waals surface area contributed by atoms with Crippen molar-refractivity contribution in [1.29, 1.82) is 0 Å². The highest BCUT2D eigenvalue weighted by Crippen LogP contribution is 2.22. The third-order valence-corrected chi connectivity index (χ3v) is 4.21. The van der Waals surface area contributed by atoms with Crippen LogP contribution in [0, 0.1) is 0 Å². The lowest BCUT2D eigenvalue weighted by Crippen LogP contribution is -2.02. The number of aromatic hydroxyl groups is 1. The second-order valence-electron chi connectivity index (χ2n) is 5.68. The average Bonchev–Trinajstić information content (AvgIpc) is 3.04. The number of carbonyl (C=O) groups is 1. The number of aromatic nitrogens is 2. The number of phenols is 1. The Kier molecular flexibility index (Phi) is 5.53. The molecule has 0 aliphatic carbocycles. The maximum Gasteiger partial charge on any atom is 0.185 e. The predicted octanol–water partition coefficient (Wildman–Crippen LogP) is 4.30. The number of allylic oxidation sites excluding steroid dienone is 1. The number of carbonyl (C=O) groups excluding carboxylic acids is 1. The summed E-state index contributed by atoms with van der Waals surface area (Å²) < 4.78 is 8.12. The lowest BCUT2D eigenvalue weighted by atomic mass is 10.1. The topological polar surface area (TPSA) is 64.3 Å². The Labute approximate surface area is 159 Å². The first-order valence-corrected chi connectivity index (χ1v) is 8.71. The molecule has 3 rings (SSSR count). The van der Waals surface area contributed by atoms with Gasteiger partial charge in [0.05, 0.1) is 24.3 Å². The van der Waals surface area contributed by atoms with E-state index in [9.17, 15) is 9.90 Å². The second-order valence-corrected chi connectivity index (χ2v) is 6.59. The molecule has 5 nitrogen and oxygen atoms in total. The zero-order chi connectivity index (χ0) is 18.5. The van der Waals surface area contributed by atoms with Crippen molar-refractivity contribution in [3.05, 3.63) is 82.1 Å². The van der Waals surface area contributed by atoms with Crippen LogP contribution in [0.15, 0.2) is 65.4 Å². The van der Waals surface area contributed by atoms with Crippen molar-refractivity contribution in [3.63, 3.8) is 0 Å². The Bertz CT molecular complexity index is 963. The standard InChI is InChI=1S/C20H17BrN2O3/c1-26-20-8-6-14(9-16(20)12-23-13-17(21)11-22-23)5-7-19(25)15-3-2-4-18(24)10-15/h2-11,13,24H,12H2,1H3/b7-5+. The zero-order valence-electron chi connectivity index (χ0n) is 14.1. The SMILES string of the molecule is COc1ccc(/C=C/C(=O)c2cccc(O)c2)cc1Cn1cc(Br)cn1. The van der Waals surface area contributed by atoms with Gasteiger partial charge in [-0.15, -0.1) is 0 Å². The van der Waals surface area contributed by atoms with Gasteiger partial charge in [-0.2, -0.15) is 5.10 Å². The minimum atomic E-state index is -0.172. The van der Waals surface area contributed by atoms with Crippen molar-refractivity contribution in [1.82, 2.24) is 9.78 Å². The Morgan fingerprint density at radius 1 is 1.31 bits per heavy atom. The van der Waals surface area contributed by atoms with E-state index in [1.165, 1.54) is 18.2 Å². The van der Waals surface area contributed by atoms with Gasteiger partial charge in [-0.05, 0) is 51.8 Å². The average molecular weight is 413 g/mol. The molecule has 26 heavy (non-hydrogen) atoms. The van der Waals surface area contributed by atoms with E-state index in [0.717, 1.165) is 21.3 Å². The van der Waals surface area contributed by atoms with Crippen LogP contribution in [0.5, 0.6) is 11.5 Å². The van der Waals surface area contributed by atoms with Gasteiger partial charge in [-0.25, -0.2) is 0 Å². The molecule has 0 spiro atoms. The first-order chi connectivity index (χ1) is 12.5. The highest BCUT2D eigenvalue weighted by Gasteiger charge is 2.07. The third kappa shape index (κ3) is 4.40. The summed E-state index contributed by atoms with van der Waals surface area (Å²) in [6, 6.07) is 12.0. The molecule has 0 saturated heterocycles. The maximum atomic E-state index is 12.2. The van der Waals surface area contributed by atoms with E-state index in [1.807, 2.05) is 24.4 Å². The van der Waals surface area contributed by atoms with Gasteiger partial charge >= 0.3 is 0 Å². The van der Waals surface area contributed by atoms with Gasteiger partial charge in [0, 0.05) is 17.3 Å². The second kappa shape index (κ2) is 8.01. The van der Waals surface area contributed by atoms with E-state index >= 15 is 0 Å². The number of rotatable bonds is 6. The van der Waals surface area contributed by atoms with Crippen LogP contribution in [-0.4, -0.2) is 27.8 Å². The highest BCUT2D eigenvalue weighted by molar-refractivity contribution is 9.10. The number of methoxy groups -OCH3 is 1. The number of nitrogens with zero attached hydrogens (tertiary/aromatic N) is 2. The molecular formula is C20H17BrN2O3. The smallest absolute Gasteiger partial charge is 0.185 e. The minimum Gasteiger partial charge on any atom is -0.508 e. The van der Waals surface area contributed by atoms with Crippen molar-refractivity contribution in [2.24, 2.45) is 0 Å². The summed E-state index contributed by atoms with van der Waals surface area (Å²) in [5.74, 6) is 0.656. The van der Waals surface area contributed by atoms with Crippen LogP contribution in [0.2, 0.25) is 0 Å². The molecule has 0 saturated carbocycles. The first-order valence-electron chi connectivity index (χ1n) is 7.91. The van der Waals surface area contributed by atoms with Gasteiger partial charge < -0.3 is 9.84 Å². The fourth-order valence-corrected chi connectivity index (χ4v) is 2.88. The molecule has 6 heteroatoms. The summed E-state index contributed by atoms with van der Waals surface area (Å²) in [6.07, 6.45) is 6.84. The van der Waals surface area contributed by atoms with Gasteiger partial charge in [0.1, 0.15) is 11.5 Å². The number of phenolic OH excluding ortho intramolecular Hbond substituents is 1. The van der Waals surface area contributed by atoms with Gasteiger partial charge in [0.25, 0.3) is 0 Å². The predicted molar refractivity (Wildman–Crippen MR) is 103 cm³/mol. The van der Waals surface area contributed by atoms with Crippen LogP contribution < -0.4 is 4.74 Å². The molecule has 0 radical (unpaired) electrons. The summed E-state index contributed by atoms with van der Waals surface area (Å²) in [6.45, 7) is 0.553. The van der Waals surface area contributed by atoms with E-state index in [-0.39, 0.29) is 11.5 Å². The number of hydrogen-bond donors (Lipinski definition) is 1. The molecule has 0 bridgehead atoms. The van der Waals surface area contributed by atoms with E-state index < -0.39 is 0 Å². The Hall–Kier alpha value is -2.86. The van der Waals surface area contributed by atoms with Crippen LogP contribution in [0.1, 0.15) is 21.5 Å². The third-order valence-electron chi connectivity index (χ3n) is 3.80.